The van der Waals surface area contributed by atoms with Crippen LogP contribution in [0.4, 0.5) is 0 Å². The Morgan fingerprint density at radius 1 is 1.11 bits per heavy atom. The molecule has 27 heavy (non-hydrogen) atoms. The van der Waals surface area contributed by atoms with E-state index in [4.69, 9.17) is 9.47 Å². The molecule has 1 aliphatic rings. The number of ether oxygens (including phenoxy) is 2. The molecular formula is C22H28N2O3. The summed E-state index contributed by atoms with van der Waals surface area (Å²) in [5.41, 5.74) is 2.26. The van der Waals surface area contributed by atoms with Gasteiger partial charge in [-0.3, -0.25) is 9.69 Å². The van der Waals surface area contributed by atoms with Crippen LogP contribution in [0.2, 0.25) is 0 Å². The fourth-order valence-electron chi connectivity index (χ4n) is 3.13. The molecule has 5 heteroatoms. The van der Waals surface area contributed by atoms with Gasteiger partial charge in [0.1, 0.15) is 5.75 Å². The number of hydrogen-bond acceptors (Lipinski definition) is 4. The van der Waals surface area contributed by atoms with Crippen molar-refractivity contribution in [2.24, 2.45) is 0 Å². The zero-order valence-corrected chi connectivity index (χ0v) is 16.1. The van der Waals surface area contributed by atoms with E-state index in [-0.39, 0.29) is 11.9 Å². The molecule has 1 amide bonds. The molecule has 1 aliphatic heterocycles. The number of benzene rings is 2. The van der Waals surface area contributed by atoms with E-state index in [9.17, 15) is 4.79 Å². The molecule has 2 aromatic rings. The summed E-state index contributed by atoms with van der Waals surface area (Å²) in [6, 6.07) is 17.7. The largest absolute Gasteiger partial charge is 0.481 e. The number of nitrogens with one attached hydrogen (secondary N) is 1. The Hall–Kier alpha value is -2.37. The number of aryl methyl sites for hydroxylation is 1. The minimum absolute atomic E-state index is 0.0825. The zero-order chi connectivity index (χ0) is 19.1. The second kappa shape index (κ2) is 9.53. The molecule has 0 spiro atoms. The molecule has 2 atom stereocenters. The second-order valence-electron chi connectivity index (χ2n) is 6.96. The van der Waals surface area contributed by atoms with Gasteiger partial charge in [0.25, 0.3) is 5.91 Å². The Balaban J connectivity index is 1.64. The summed E-state index contributed by atoms with van der Waals surface area (Å²) in [7, 11) is 0. The Labute approximate surface area is 161 Å². The van der Waals surface area contributed by atoms with Gasteiger partial charge in [-0.15, -0.1) is 0 Å². The smallest absolute Gasteiger partial charge is 0.261 e. The van der Waals surface area contributed by atoms with Gasteiger partial charge in [-0.2, -0.15) is 0 Å². The highest BCUT2D eigenvalue weighted by atomic mass is 16.5. The molecule has 5 nitrogen and oxygen atoms in total. The van der Waals surface area contributed by atoms with Gasteiger partial charge in [0.05, 0.1) is 19.3 Å². The van der Waals surface area contributed by atoms with Crippen molar-refractivity contribution in [1.82, 2.24) is 10.2 Å². The molecule has 2 unspecified atom stereocenters. The molecule has 0 saturated carbocycles. The molecule has 2 aromatic carbocycles. The third kappa shape index (κ3) is 5.81. The number of hydrogen-bond donors (Lipinski definition) is 1. The molecule has 0 aromatic heterocycles. The minimum atomic E-state index is -0.566. The first-order valence-electron chi connectivity index (χ1n) is 9.50. The first kappa shape index (κ1) is 19.4. The first-order valence-corrected chi connectivity index (χ1v) is 9.50. The highest BCUT2D eigenvalue weighted by Gasteiger charge is 2.23. The molecule has 0 aliphatic carbocycles. The third-order valence-corrected chi connectivity index (χ3v) is 4.77. The second-order valence-corrected chi connectivity index (χ2v) is 6.96. The summed E-state index contributed by atoms with van der Waals surface area (Å²) >= 11 is 0. The predicted molar refractivity (Wildman–Crippen MR) is 106 cm³/mol. The maximum atomic E-state index is 12.8. The lowest BCUT2D eigenvalue weighted by Crippen LogP contribution is -2.45. The van der Waals surface area contributed by atoms with Gasteiger partial charge in [0.15, 0.2) is 6.10 Å². The van der Waals surface area contributed by atoms with Crippen LogP contribution in [0, 0.1) is 6.92 Å². The van der Waals surface area contributed by atoms with Crippen molar-refractivity contribution in [2.75, 3.05) is 32.8 Å². The first-order chi connectivity index (χ1) is 13.1. The van der Waals surface area contributed by atoms with Crippen molar-refractivity contribution >= 4 is 5.91 Å². The van der Waals surface area contributed by atoms with Crippen molar-refractivity contribution in [3.8, 4) is 5.75 Å². The number of carbonyl (C=O) groups excluding carboxylic acids is 1. The third-order valence-electron chi connectivity index (χ3n) is 4.77. The zero-order valence-electron chi connectivity index (χ0n) is 16.1. The van der Waals surface area contributed by atoms with Gasteiger partial charge in [-0.1, -0.05) is 48.0 Å². The van der Waals surface area contributed by atoms with Gasteiger partial charge in [0, 0.05) is 19.6 Å². The summed E-state index contributed by atoms with van der Waals surface area (Å²) in [5.74, 6) is 0.588. The Bertz CT molecular complexity index is 712. The molecule has 3 rings (SSSR count). The van der Waals surface area contributed by atoms with Crippen LogP contribution in [0.5, 0.6) is 5.75 Å². The number of rotatable bonds is 7. The van der Waals surface area contributed by atoms with Crippen LogP contribution in [-0.2, 0) is 9.53 Å². The summed E-state index contributed by atoms with van der Waals surface area (Å²) in [6.07, 6.45) is -0.566. The van der Waals surface area contributed by atoms with E-state index >= 15 is 0 Å². The SMILES string of the molecule is Cc1ccc(OC(C)C(=O)NC(CN2CCOCC2)c2ccccc2)cc1. The van der Waals surface area contributed by atoms with Crippen molar-refractivity contribution in [3.05, 3.63) is 65.7 Å². The number of nitrogens with zero attached hydrogens (tertiary/aromatic N) is 1. The van der Waals surface area contributed by atoms with Crippen molar-refractivity contribution in [1.29, 1.82) is 0 Å². The lowest BCUT2D eigenvalue weighted by molar-refractivity contribution is -0.128. The molecule has 144 valence electrons. The van der Waals surface area contributed by atoms with E-state index in [1.54, 1.807) is 6.92 Å². The lowest BCUT2D eigenvalue weighted by atomic mass is 10.1. The van der Waals surface area contributed by atoms with Crippen molar-refractivity contribution < 1.29 is 14.3 Å². The standard InChI is InChI=1S/C22H28N2O3/c1-17-8-10-20(11-9-17)27-18(2)22(25)23-21(19-6-4-3-5-7-19)16-24-12-14-26-15-13-24/h3-11,18,21H,12-16H2,1-2H3,(H,23,25). The topological polar surface area (TPSA) is 50.8 Å². The minimum Gasteiger partial charge on any atom is -0.481 e. The van der Waals surface area contributed by atoms with Gasteiger partial charge >= 0.3 is 0 Å². The molecule has 1 heterocycles. The van der Waals surface area contributed by atoms with Crippen LogP contribution >= 0.6 is 0 Å². The summed E-state index contributed by atoms with van der Waals surface area (Å²) in [4.78, 5) is 15.1. The summed E-state index contributed by atoms with van der Waals surface area (Å²) in [5, 5.41) is 3.17. The van der Waals surface area contributed by atoms with Crippen molar-refractivity contribution in [2.45, 2.75) is 26.0 Å². The van der Waals surface area contributed by atoms with Gasteiger partial charge < -0.3 is 14.8 Å². The van der Waals surface area contributed by atoms with Crippen LogP contribution in [0.25, 0.3) is 0 Å². The molecular weight excluding hydrogens is 340 g/mol. The van der Waals surface area contributed by atoms with Crippen LogP contribution in [0.15, 0.2) is 54.6 Å². The van der Waals surface area contributed by atoms with E-state index in [2.05, 4.69) is 22.3 Å². The number of morpholine rings is 1. The fourth-order valence-corrected chi connectivity index (χ4v) is 3.13. The Kier molecular flexibility index (Phi) is 6.85. The quantitative estimate of drug-likeness (QED) is 0.816. The van der Waals surface area contributed by atoms with Crippen LogP contribution in [-0.4, -0.2) is 49.8 Å². The highest BCUT2D eigenvalue weighted by molar-refractivity contribution is 5.81. The Morgan fingerprint density at radius 3 is 2.44 bits per heavy atom. The molecule has 1 fully saturated rings. The van der Waals surface area contributed by atoms with E-state index in [0.29, 0.717) is 5.75 Å². The highest BCUT2D eigenvalue weighted by Crippen LogP contribution is 2.17. The molecule has 0 radical (unpaired) electrons. The van der Waals surface area contributed by atoms with E-state index in [1.165, 1.54) is 0 Å². The maximum Gasteiger partial charge on any atom is 0.261 e. The van der Waals surface area contributed by atoms with Crippen LogP contribution in [0.1, 0.15) is 24.1 Å². The summed E-state index contributed by atoms with van der Waals surface area (Å²) in [6.45, 7) is 7.81. The van der Waals surface area contributed by atoms with Gasteiger partial charge in [-0.05, 0) is 31.5 Å². The number of amides is 1. The predicted octanol–water partition coefficient (Wildman–Crippen LogP) is 2.95. The van der Waals surface area contributed by atoms with Crippen molar-refractivity contribution in [3.63, 3.8) is 0 Å². The maximum absolute atomic E-state index is 12.8. The molecule has 1 N–H and O–H groups in total. The van der Waals surface area contributed by atoms with E-state index in [0.717, 1.165) is 44.0 Å². The molecule has 0 bridgehead atoms. The van der Waals surface area contributed by atoms with E-state index < -0.39 is 6.10 Å². The van der Waals surface area contributed by atoms with E-state index in [1.807, 2.05) is 49.4 Å². The van der Waals surface area contributed by atoms with Crippen LogP contribution in [0.3, 0.4) is 0 Å². The van der Waals surface area contributed by atoms with Gasteiger partial charge in [-0.25, -0.2) is 0 Å². The average Bonchev–Trinajstić information content (AvgIpc) is 2.70. The normalized spacial score (nSPS) is 17.1. The summed E-state index contributed by atoms with van der Waals surface area (Å²) < 4.78 is 11.2. The number of carbonyl (C=O) groups is 1. The lowest BCUT2D eigenvalue weighted by Gasteiger charge is -2.31. The molecule has 1 saturated heterocycles. The monoisotopic (exact) mass is 368 g/mol. The average molecular weight is 368 g/mol. The van der Waals surface area contributed by atoms with Gasteiger partial charge in [0.2, 0.25) is 0 Å². The Morgan fingerprint density at radius 2 is 1.78 bits per heavy atom. The van der Waals surface area contributed by atoms with Crippen LogP contribution < -0.4 is 10.1 Å². The fraction of sp³-hybridized carbons (Fsp3) is 0.409.